The number of rotatable bonds is 52. The summed E-state index contributed by atoms with van der Waals surface area (Å²) in [6.45, 7) is 4.89. The summed E-state index contributed by atoms with van der Waals surface area (Å²) in [5.74, 6) is -0.0638. The minimum atomic E-state index is -0.846. The lowest BCUT2D eigenvalue weighted by Crippen LogP contribution is -2.45. The topological polar surface area (TPSA) is 95.9 Å². The minimum Gasteiger partial charge on any atom is -0.466 e. The van der Waals surface area contributed by atoms with Crippen molar-refractivity contribution in [2.75, 3.05) is 13.2 Å². The lowest BCUT2D eigenvalue weighted by atomic mass is 10.0. The van der Waals surface area contributed by atoms with Crippen molar-refractivity contribution in [1.82, 2.24) is 5.32 Å². The Balaban J connectivity index is 3.41. The molecule has 0 aromatic heterocycles. The van der Waals surface area contributed by atoms with Crippen LogP contribution in [0.1, 0.15) is 303 Å². The van der Waals surface area contributed by atoms with Crippen LogP contribution >= 0.6 is 0 Å². The third-order valence-electron chi connectivity index (χ3n) is 13.0. The first-order valence-corrected chi connectivity index (χ1v) is 28.1. The van der Waals surface area contributed by atoms with Gasteiger partial charge < -0.3 is 20.3 Å². The van der Waals surface area contributed by atoms with E-state index in [2.05, 4.69) is 31.3 Å². The minimum absolute atomic E-state index is 0.0114. The van der Waals surface area contributed by atoms with Gasteiger partial charge in [0, 0.05) is 12.8 Å². The number of carbonyl (C=O) groups is 2. The highest BCUT2D eigenvalue weighted by atomic mass is 16.5. The number of unbranched alkanes of at least 4 members (excludes halogenated alkanes) is 39. The maximum absolute atomic E-state index is 12.4. The Bertz CT molecular complexity index is 982. The Morgan fingerprint density at radius 3 is 1.13 bits per heavy atom. The first-order valence-electron chi connectivity index (χ1n) is 28.1. The smallest absolute Gasteiger partial charge is 0.305 e. The van der Waals surface area contributed by atoms with E-state index in [9.17, 15) is 19.8 Å². The number of aliphatic hydroxyl groups is 2. The van der Waals surface area contributed by atoms with Gasteiger partial charge in [0.25, 0.3) is 0 Å². The number of carbonyl (C=O) groups excluding carboxylic acids is 2. The van der Waals surface area contributed by atoms with E-state index in [4.69, 9.17) is 4.74 Å². The van der Waals surface area contributed by atoms with Crippen LogP contribution in [0.5, 0.6) is 0 Å². The van der Waals surface area contributed by atoms with Gasteiger partial charge in [-0.25, -0.2) is 0 Å². The standard InChI is InChI=1S/C57H109NO5/c1-3-5-7-9-11-13-15-31-35-39-43-47-51-57(62)63-52-48-44-40-36-32-28-26-24-22-20-18-16-17-19-21-23-25-27-30-34-38-42-46-50-56(61)58-54(53-59)55(60)49-45-41-37-33-29-14-12-10-8-6-4-2/h19,21,45,49,54-55,59-60H,3-18,20,22-44,46-48,50-53H2,1-2H3,(H,58,61)/b21-19-,49-45+. The fourth-order valence-electron chi connectivity index (χ4n) is 8.63. The maximum Gasteiger partial charge on any atom is 0.305 e. The monoisotopic (exact) mass is 888 g/mol. The Labute approximate surface area is 392 Å². The molecular formula is C57H109NO5. The van der Waals surface area contributed by atoms with Gasteiger partial charge in [-0.3, -0.25) is 9.59 Å². The molecule has 0 heterocycles. The number of aliphatic hydroxyl groups excluding tert-OH is 2. The van der Waals surface area contributed by atoms with Crippen molar-refractivity contribution in [3.05, 3.63) is 24.3 Å². The molecule has 2 unspecified atom stereocenters. The molecule has 0 aromatic carbocycles. The van der Waals surface area contributed by atoms with Gasteiger partial charge in [-0.2, -0.15) is 0 Å². The molecule has 3 N–H and O–H groups in total. The van der Waals surface area contributed by atoms with Gasteiger partial charge in [-0.15, -0.1) is 0 Å². The van der Waals surface area contributed by atoms with Crippen LogP contribution in [-0.4, -0.2) is 47.4 Å². The molecular weight excluding hydrogens is 779 g/mol. The summed E-state index contributed by atoms with van der Waals surface area (Å²) >= 11 is 0. The van der Waals surface area contributed by atoms with Gasteiger partial charge in [-0.05, 0) is 57.8 Å². The quantitative estimate of drug-likeness (QED) is 0.0321. The summed E-state index contributed by atoms with van der Waals surface area (Å²) in [6.07, 6.45) is 63.5. The van der Waals surface area contributed by atoms with Crippen LogP contribution in [0.2, 0.25) is 0 Å². The third-order valence-corrected chi connectivity index (χ3v) is 13.0. The Morgan fingerprint density at radius 2 is 0.746 bits per heavy atom. The fourth-order valence-corrected chi connectivity index (χ4v) is 8.63. The van der Waals surface area contributed by atoms with Gasteiger partial charge in [0.2, 0.25) is 5.91 Å². The Kier molecular flexibility index (Phi) is 51.6. The van der Waals surface area contributed by atoms with Crippen molar-refractivity contribution in [2.24, 2.45) is 0 Å². The normalized spacial score (nSPS) is 12.8. The zero-order valence-electron chi connectivity index (χ0n) is 42.3. The molecule has 0 aromatic rings. The largest absolute Gasteiger partial charge is 0.466 e. The molecule has 0 rings (SSSR count). The highest BCUT2D eigenvalue weighted by Gasteiger charge is 2.18. The molecule has 372 valence electrons. The van der Waals surface area contributed by atoms with Crippen LogP contribution in [-0.2, 0) is 14.3 Å². The predicted molar refractivity (Wildman–Crippen MR) is 273 cm³/mol. The summed E-state index contributed by atoms with van der Waals surface area (Å²) in [6, 6.07) is -0.630. The summed E-state index contributed by atoms with van der Waals surface area (Å²) in [5, 5.41) is 23.0. The number of nitrogens with one attached hydrogen (secondary N) is 1. The molecule has 2 atom stereocenters. The Morgan fingerprint density at radius 1 is 0.429 bits per heavy atom. The molecule has 0 aliphatic heterocycles. The lowest BCUT2D eigenvalue weighted by Gasteiger charge is -2.20. The van der Waals surface area contributed by atoms with Crippen molar-refractivity contribution in [2.45, 2.75) is 315 Å². The summed E-state index contributed by atoms with van der Waals surface area (Å²) < 4.78 is 5.47. The fraction of sp³-hybridized carbons (Fsp3) is 0.895. The first-order chi connectivity index (χ1) is 31.0. The molecule has 0 fully saturated rings. The van der Waals surface area contributed by atoms with E-state index >= 15 is 0 Å². The molecule has 1 amide bonds. The van der Waals surface area contributed by atoms with E-state index in [0.717, 1.165) is 44.9 Å². The molecule has 63 heavy (non-hydrogen) atoms. The van der Waals surface area contributed by atoms with Gasteiger partial charge >= 0.3 is 5.97 Å². The van der Waals surface area contributed by atoms with Crippen LogP contribution in [0.4, 0.5) is 0 Å². The van der Waals surface area contributed by atoms with Gasteiger partial charge in [0.1, 0.15) is 0 Å². The second-order valence-electron chi connectivity index (χ2n) is 19.3. The highest BCUT2D eigenvalue weighted by molar-refractivity contribution is 5.76. The molecule has 0 bridgehead atoms. The molecule has 6 nitrogen and oxygen atoms in total. The SMILES string of the molecule is CCCCCCCCCCC/C=C/C(O)C(CO)NC(=O)CCCCCCCCC/C=C\CCCCCCCCCCCCCCOC(=O)CCCCCCCCCCCCCC. The van der Waals surface area contributed by atoms with Crippen LogP contribution < -0.4 is 5.32 Å². The van der Waals surface area contributed by atoms with E-state index in [-0.39, 0.29) is 18.5 Å². The zero-order valence-corrected chi connectivity index (χ0v) is 42.3. The molecule has 0 aliphatic rings. The van der Waals surface area contributed by atoms with Crippen LogP contribution in [0.15, 0.2) is 24.3 Å². The maximum atomic E-state index is 12.4. The lowest BCUT2D eigenvalue weighted by molar-refractivity contribution is -0.143. The second kappa shape index (κ2) is 53.0. The van der Waals surface area contributed by atoms with Crippen molar-refractivity contribution in [3.8, 4) is 0 Å². The van der Waals surface area contributed by atoms with E-state index in [0.29, 0.717) is 19.4 Å². The molecule has 0 aliphatic carbocycles. The van der Waals surface area contributed by atoms with Crippen molar-refractivity contribution in [3.63, 3.8) is 0 Å². The summed E-state index contributed by atoms with van der Waals surface area (Å²) in [5.41, 5.74) is 0. The van der Waals surface area contributed by atoms with E-state index < -0.39 is 12.1 Å². The number of hydrogen-bond acceptors (Lipinski definition) is 5. The van der Waals surface area contributed by atoms with Gasteiger partial charge in [0.05, 0.1) is 25.4 Å². The van der Waals surface area contributed by atoms with E-state index in [1.165, 1.54) is 231 Å². The van der Waals surface area contributed by atoms with Gasteiger partial charge in [0.15, 0.2) is 0 Å². The van der Waals surface area contributed by atoms with Gasteiger partial charge in [-0.1, -0.05) is 256 Å². The number of amides is 1. The first kappa shape index (κ1) is 61.3. The molecule has 0 radical (unpaired) electrons. The van der Waals surface area contributed by atoms with Crippen molar-refractivity contribution in [1.29, 1.82) is 0 Å². The van der Waals surface area contributed by atoms with E-state index in [1.54, 1.807) is 6.08 Å². The molecule has 0 spiro atoms. The number of allylic oxidation sites excluding steroid dienone is 3. The summed E-state index contributed by atoms with van der Waals surface area (Å²) in [4.78, 5) is 24.4. The number of ether oxygens (including phenoxy) is 1. The zero-order chi connectivity index (χ0) is 45.8. The third kappa shape index (κ3) is 49.6. The predicted octanol–water partition coefficient (Wildman–Crippen LogP) is 17.1. The number of esters is 1. The molecule has 0 saturated carbocycles. The number of hydrogen-bond donors (Lipinski definition) is 3. The molecule has 6 heteroatoms. The van der Waals surface area contributed by atoms with Crippen LogP contribution in [0.3, 0.4) is 0 Å². The second-order valence-corrected chi connectivity index (χ2v) is 19.3. The average molecular weight is 889 g/mol. The van der Waals surface area contributed by atoms with Crippen molar-refractivity contribution >= 4 is 11.9 Å². The Hall–Kier alpha value is -1.66. The average Bonchev–Trinajstić information content (AvgIpc) is 3.28. The van der Waals surface area contributed by atoms with Crippen molar-refractivity contribution < 1.29 is 24.5 Å². The van der Waals surface area contributed by atoms with Crippen LogP contribution in [0.25, 0.3) is 0 Å². The summed E-state index contributed by atoms with van der Waals surface area (Å²) in [7, 11) is 0. The van der Waals surface area contributed by atoms with Crippen LogP contribution in [0, 0.1) is 0 Å². The molecule has 0 saturated heterocycles. The highest BCUT2D eigenvalue weighted by Crippen LogP contribution is 2.16. The van der Waals surface area contributed by atoms with E-state index in [1.807, 2.05) is 6.08 Å².